The highest BCUT2D eigenvalue weighted by atomic mass is 14.9. The minimum atomic E-state index is 1.26. The first kappa shape index (κ1) is 16.5. The maximum absolute atomic E-state index is 2.31. The number of pyridine rings is 1. The zero-order chi connectivity index (χ0) is 18.3. The monoisotopic (exact) mass is 338 g/mol. The standard InChI is InChI=1S/C25H24N/c1-17-10-11-22-16-19(3)26(4)25(24(22)14-17)23-13-12-21(15-18(23)2)20-8-6-5-7-9-20/h5-16H,1-4H3/q+1. The van der Waals surface area contributed by atoms with Gasteiger partial charge in [-0.25, -0.2) is 0 Å². The number of hydrogen-bond donors (Lipinski definition) is 0. The van der Waals surface area contributed by atoms with Crippen molar-refractivity contribution >= 4 is 10.8 Å². The summed E-state index contributed by atoms with van der Waals surface area (Å²) in [6, 6.07) is 26.4. The molecule has 0 fully saturated rings. The zero-order valence-electron chi connectivity index (χ0n) is 15.9. The Morgan fingerprint density at radius 1 is 0.692 bits per heavy atom. The highest BCUT2D eigenvalue weighted by Crippen LogP contribution is 2.32. The minimum absolute atomic E-state index is 1.26. The van der Waals surface area contributed by atoms with E-state index in [9.17, 15) is 0 Å². The molecule has 0 aliphatic carbocycles. The molecule has 0 saturated carbocycles. The Bertz CT molecular complexity index is 1110. The fraction of sp³-hybridized carbons (Fsp3) is 0.160. The van der Waals surface area contributed by atoms with E-state index in [0.29, 0.717) is 0 Å². The van der Waals surface area contributed by atoms with Crippen molar-refractivity contribution in [1.82, 2.24) is 0 Å². The maximum Gasteiger partial charge on any atom is 0.220 e. The molecular weight excluding hydrogens is 314 g/mol. The van der Waals surface area contributed by atoms with Crippen LogP contribution in [0.2, 0.25) is 0 Å². The molecule has 0 saturated heterocycles. The first-order valence-electron chi connectivity index (χ1n) is 9.11. The molecule has 0 radical (unpaired) electrons. The van der Waals surface area contributed by atoms with Crippen molar-refractivity contribution in [1.29, 1.82) is 0 Å². The van der Waals surface area contributed by atoms with Crippen LogP contribution in [-0.2, 0) is 7.05 Å². The third kappa shape index (κ3) is 2.80. The van der Waals surface area contributed by atoms with Gasteiger partial charge in [0.05, 0.1) is 5.39 Å². The van der Waals surface area contributed by atoms with Crippen molar-refractivity contribution in [2.24, 2.45) is 7.05 Å². The van der Waals surface area contributed by atoms with E-state index in [-0.39, 0.29) is 0 Å². The van der Waals surface area contributed by atoms with Crippen molar-refractivity contribution in [2.75, 3.05) is 0 Å². The lowest BCUT2D eigenvalue weighted by molar-refractivity contribution is -0.665. The van der Waals surface area contributed by atoms with E-state index in [4.69, 9.17) is 0 Å². The summed E-state index contributed by atoms with van der Waals surface area (Å²) in [7, 11) is 2.16. The topological polar surface area (TPSA) is 3.88 Å². The van der Waals surface area contributed by atoms with E-state index >= 15 is 0 Å². The Morgan fingerprint density at radius 2 is 1.46 bits per heavy atom. The van der Waals surface area contributed by atoms with Gasteiger partial charge >= 0.3 is 0 Å². The van der Waals surface area contributed by atoms with E-state index in [1.807, 2.05) is 0 Å². The van der Waals surface area contributed by atoms with Gasteiger partial charge in [0.2, 0.25) is 5.69 Å². The fourth-order valence-electron chi connectivity index (χ4n) is 3.75. The van der Waals surface area contributed by atoms with Crippen molar-refractivity contribution < 1.29 is 4.57 Å². The molecule has 1 heterocycles. The predicted molar refractivity (Wildman–Crippen MR) is 110 cm³/mol. The van der Waals surface area contributed by atoms with Gasteiger partial charge in [-0.05, 0) is 48.1 Å². The number of aryl methyl sites for hydroxylation is 3. The van der Waals surface area contributed by atoms with Gasteiger partial charge in [-0.1, -0.05) is 60.2 Å². The number of fused-ring (bicyclic) bond motifs is 1. The first-order valence-corrected chi connectivity index (χ1v) is 9.11. The Morgan fingerprint density at radius 3 is 2.19 bits per heavy atom. The molecule has 0 unspecified atom stereocenters. The van der Waals surface area contributed by atoms with Crippen LogP contribution < -0.4 is 4.57 Å². The summed E-state index contributed by atoms with van der Waals surface area (Å²) in [5.74, 6) is 0. The van der Waals surface area contributed by atoms with Crippen LogP contribution in [-0.4, -0.2) is 0 Å². The molecule has 4 rings (SSSR count). The molecule has 1 nitrogen and oxygen atoms in total. The van der Waals surface area contributed by atoms with Gasteiger partial charge in [0.1, 0.15) is 7.05 Å². The molecule has 128 valence electrons. The number of rotatable bonds is 2. The molecule has 0 bridgehead atoms. The maximum atomic E-state index is 2.31. The van der Waals surface area contributed by atoms with Crippen LogP contribution in [0.5, 0.6) is 0 Å². The molecule has 0 amide bonds. The van der Waals surface area contributed by atoms with Crippen LogP contribution >= 0.6 is 0 Å². The van der Waals surface area contributed by atoms with Crippen LogP contribution in [0.15, 0.2) is 72.8 Å². The second kappa shape index (κ2) is 6.42. The number of aromatic nitrogens is 1. The van der Waals surface area contributed by atoms with Crippen molar-refractivity contribution in [2.45, 2.75) is 20.8 Å². The summed E-state index contributed by atoms with van der Waals surface area (Å²) in [6.45, 7) is 6.55. The number of hydrogen-bond acceptors (Lipinski definition) is 0. The molecule has 4 aromatic rings. The molecular formula is C25H24N+. The molecule has 0 aliphatic heterocycles. The van der Waals surface area contributed by atoms with Gasteiger partial charge in [-0.2, -0.15) is 4.57 Å². The lowest BCUT2D eigenvalue weighted by Crippen LogP contribution is -2.35. The Kier molecular flexibility index (Phi) is 4.08. The van der Waals surface area contributed by atoms with Gasteiger partial charge in [0.15, 0.2) is 5.69 Å². The van der Waals surface area contributed by atoms with E-state index in [0.717, 1.165) is 0 Å². The first-order chi connectivity index (χ1) is 12.5. The third-order valence-electron chi connectivity index (χ3n) is 5.28. The van der Waals surface area contributed by atoms with E-state index in [1.165, 1.54) is 50.0 Å². The van der Waals surface area contributed by atoms with Crippen molar-refractivity contribution in [3.63, 3.8) is 0 Å². The number of nitrogens with zero attached hydrogens (tertiary/aromatic N) is 1. The summed E-state index contributed by atoms with van der Waals surface area (Å²) < 4.78 is 2.31. The van der Waals surface area contributed by atoms with Gasteiger partial charge < -0.3 is 0 Å². The average molecular weight is 338 g/mol. The molecule has 1 aromatic heterocycles. The highest BCUT2D eigenvalue weighted by Gasteiger charge is 2.20. The average Bonchev–Trinajstić information content (AvgIpc) is 2.65. The Labute approximate surface area is 155 Å². The molecule has 0 spiro atoms. The number of benzene rings is 3. The zero-order valence-corrected chi connectivity index (χ0v) is 15.9. The van der Waals surface area contributed by atoms with Crippen LogP contribution in [0.3, 0.4) is 0 Å². The van der Waals surface area contributed by atoms with Crippen LogP contribution in [0.4, 0.5) is 0 Å². The Balaban J connectivity index is 1.96. The lowest BCUT2D eigenvalue weighted by atomic mass is 9.94. The SMILES string of the molecule is Cc1ccc2cc(C)[n+](C)c(-c3ccc(-c4ccccc4)cc3C)c2c1. The summed E-state index contributed by atoms with van der Waals surface area (Å²) in [5, 5.41) is 2.61. The van der Waals surface area contributed by atoms with Gasteiger partial charge in [0.25, 0.3) is 0 Å². The largest absolute Gasteiger partial charge is 0.220 e. The van der Waals surface area contributed by atoms with E-state index in [1.54, 1.807) is 0 Å². The van der Waals surface area contributed by atoms with E-state index in [2.05, 4.69) is 105 Å². The summed E-state index contributed by atoms with van der Waals surface area (Å²) in [4.78, 5) is 0. The minimum Gasteiger partial charge on any atom is -0.198 e. The Hall–Kier alpha value is -2.93. The molecule has 1 heteroatoms. The van der Waals surface area contributed by atoms with Gasteiger partial charge in [-0.15, -0.1) is 0 Å². The second-order valence-corrected chi connectivity index (χ2v) is 7.18. The summed E-state index contributed by atoms with van der Waals surface area (Å²) in [5.41, 5.74) is 8.98. The molecule has 0 aliphatic rings. The lowest BCUT2D eigenvalue weighted by Gasteiger charge is -2.12. The van der Waals surface area contributed by atoms with Crippen molar-refractivity contribution in [3.8, 4) is 22.4 Å². The molecule has 3 aromatic carbocycles. The normalized spacial score (nSPS) is 11.1. The van der Waals surface area contributed by atoms with Crippen LogP contribution in [0, 0.1) is 20.8 Å². The summed E-state index contributed by atoms with van der Waals surface area (Å²) in [6.07, 6.45) is 0. The third-order valence-corrected chi connectivity index (χ3v) is 5.28. The van der Waals surface area contributed by atoms with E-state index < -0.39 is 0 Å². The molecule has 26 heavy (non-hydrogen) atoms. The predicted octanol–water partition coefficient (Wildman–Crippen LogP) is 5.92. The van der Waals surface area contributed by atoms with Gasteiger partial charge in [0, 0.05) is 18.6 Å². The van der Waals surface area contributed by atoms with Crippen molar-refractivity contribution in [3.05, 3.63) is 89.6 Å². The summed E-state index contributed by atoms with van der Waals surface area (Å²) >= 11 is 0. The molecule has 0 N–H and O–H groups in total. The quantitative estimate of drug-likeness (QED) is 0.399. The smallest absolute Gasteiger partial charge is 0.198 e. The van der Waals surface area contributed by atoms with Gasteiger partial charge in [-0.3, -0.25) is 0 Å². The molecule has 0 atom stereocenters. The van der Waals surface area contributed by atoms with Crippen LogP contribution in [0.25, 0.3) is 33.2 Å². The second-order valence-electron chi connectivity index (χ2n) is 7.18. The fourth-order valence-corrected chi connectivity index (χ4v) is 3.75. The highest BCUT2D eigenvalue weighted by molar-refractivity contribution is 5.94. The van der Waals surface area contributed by atoms with Crippen LogP contribution in [0.1, 0.15) is 16.8 Å².